The number of hydrogen-bond acceptors (Lipinski definition) is 8. The molecule has 4 aromatic rings. The molecule has 0 saturated heterocycles. The zero-order valence-corrected chi connectivity index (χ0v) is 15.4. The van der Waals surface area contributed by atoms with Gasteiger partial charge >= 0.3 is 5.97 Å². The molecule has 0 amide bonds. The molecule has 29 heavy (non-hydrogen) atoms. The van der Waals surface area contributed by atoms with Crippen molar-refractivity contribution >= 4 is 16.7 Å². The predicted octanol–water partition coefficient (Wildman–Crippen LogP) is 2.27. The average molecular weight is 392 g/mol. The molecule has 9 heteroatoms. The van der Waals surface area contributed by atoms with E-state index in [2.05, 4.69) is 20.3 Å². The second-order valence-corrected chi connectivity index (χ2v) is 6.09. The van der Waals surface area contributed by atoms with Crippen LogP contribution in [0.15, 0.2) is 57.8 Å². The second kappa shape index (κ2) is 7.93. The van der Waals surface area contributed by atoms with Crippen LogP contribution in [0.4, 0.5) is 0 Å². The summed E-state index contributed by atoms with van der Waals surface area (Å²) in [6.45, 7) is -0.178. The molecule has 0 aliphatic carbocycles. The Morgan fingerprint density at radius 1 is 1.10 bits per heavy atom. The molecule has 0 saturated carbocycles. The molecule has 0 radical (unpaired) electrons. The number of benzene rings is 2. The van der Waals surface area contributed by atoms with Crippen molar-refractivity contribution in [2.24, 2.45) is 0 Å². The summed E-state index contributed by atoms with van der Waals surface area (Å²) in [6, 6.07) is 14.2. The van der Waals surface area contributed by atoms with Crippen molar-refractivity contribution in [3.63, 3.8) is 0 Å². The molecule has 146 valence electrons. The Morgan fingerprint density at radius 3 is 2.69 bits per heavy atom. The van der Waals surface area contributed by atoms with E-state index in [1.807, 2.05) is 12.1 Å². The second-order valence-electron chi connectivity index (χ2n) is 6.09. The smallest absolute Gasteiger partial charge is 0.312 e. The van der Waals surface area contributed by atoms with Crippen molar-refractivity contribution in [2.45, 2.75) is 13.0 Å². The Hall–Kier alpha value is -4.01. The minimum Gasteiger partial charge on any atom is -0.496 e. The van der Waals surface area contributed by atoms with Crippen LogP contribution in [0.2, 0.25) is 0 Å². The number of fused-ring (bicyclic) bond motifs is 1. The third kappa shape index (κ3) is 3.84. The SMILES string of the molecule is COc1ccccc1-c1noc(COC(=O)Cc2n[nH]c(=O)c3ccccc23)n1. The van der Waals surface area contributed by atoms with Crippen LogP contribution in [0, 0.1) is 0 Å². The van der Waals surface area contributed by atoms with Gasteiger partial charge in [-0.1, -0.05) is 35.5 Å². The minimum atomic E-state index is -0.535. The van der Waals surface area contributed by atoms with Gasteiger partial charge in [0.05, 0.1) is 30.2 Å². The molecule has 9 nitrogen and oxygen atoms in total. The highest BCUT2D eigenvalue weighted by atomic mass is 16.6. The Kier molecular flexibility index (Phi) is 5.02. The maximum Gasteiger partial charge on any atom is 0.312 e. The van der Waals surface area contributed by atoms with Gasteiger partial charge in [0.2, 0.25) is 5.82 Å². The van der Waals surface area contributed by atoms with Gasteiger partial charge in [-0.05, 0) is 18.2 Å². The number of aromatic amines is 1. The molecule has 1 N–H and O–H groups in total. The van der Waals surface area contributed by atoms with Crippen molar-refractivity contribution in [2.75, 3.05) is 7.11 Å². The number of methoxy groups -OCH3 is 1. The topological polar surface area (TPSA) is 120 Å². The monoisotopic (exact) mass is 392 g/mol. The van der Waals surface area contributed by atoms with Crippen LogP contribution in [0.1, 0.15) is 11.6 Å². The summed E-state index contributed by atoms with van der Waals surface area (Å²) in [5.74, 6) is 0.556. The molecule has 4 rings (SSSR count). The highest BCUT2D eigenvalue weighted by Gasteiger charge is 2.16. The lowest BCUT2D eigenvalue weighted by atomic mass is 10.1. The number of ether oxygens (including phenoxy) is 2. The standard InChI is InChI=1S/C20H16N4O5/c1-27-16-9-5-4-8-14(16)19-21-17(29-24-19)11-28-18(25)10-15-12-6-2-3-7-13(12)20(26)23-22-15/h2-9H,10-11H2,1H3,(H,23,26). The highest BCUT2D eigenvalue weighted by molar-refractivity contribution is 5.86. The van der Waals surface area contributed by atoms with Gasteiger partial charge in [0, 0.05) is 5.39 Å². The number of nitrogens with zero attached hydrogens (tertiary/aromatic N) is 3. The largest absolute Gasteiger partial charge is 0.496 e. The number of H-pyrrole nitrogens is 1. The van der Waals surface area contributed by atoms with Gasteiger partial charge in [-0.25, -0.2) is 5.10 Å². The Morgan fingerprint density at radius 2 is 1.86 bits per heavy atom. The van der Waals surface area contributed by atoms with Gasteiger partial charge in [0.1, 0.15) is 5.75 Å². The fourth-order valence-corrected chi connectivity index (χ4v) is 2.89. The first kappa shape index (κ1) is 18.4. The van der Waals surface area contributed by atoms with Crippen molar-refractivity contribution < 1.29 is 18.8 Å². The highest BCUT2D eigenvalue weighted by Crippen LogP contribution is 2.27. The Balaban J connectivity index is 1.44. The van der Waals surface area contributed by atoms with E-state index in [1.165, 1.54) is 0 Å². The third-order valence-electron chi connectivity index (χ3n) is 4.26. The summed E-state index contributed by atoms with van der Waals surface area (Å²) in [7, 11) is 1.55. The Bertz CT molecular complexity index is 1230. The first-order valence-electron chi connectivity index (χ1n) is 8.73. The van der Waals surface area contributed by atoms with E-state index >= 15 is 0 Å². The van der Waals surface area contributed by atoms with Crippen LogP contribution in [-0.4, -0.2) is 33.4 Å². The Labute approximate surface area is 164 Å². The molecule has 0 aliphatic heterocycles. The van der Waals surface area contributed by atoms with Gasteiger partial charge in [-0.2, -0.15) is 10.1 Å². The van der Waals surface area contributed by atoms with Gasteiger partial charge in [0.25, 0.3) is 11.4 Å². The number of aromatic nitrogens is 4. The maximum atomic E-state index is 12.2. The lowest BCUT2D eigenvalue weighted by Gasteiger charge is -2.05. The van der Waals surface area contributed by atoms with Crippen molar-refractivity contribution in [1.29, 1.82) is 0 Å². The van der Waals surface area contributed by atoms with Crippen LogP contribution < -0.4 is 10.3 Å². The number of nitrogens with one attached hydrogen (secondary N) is 1. The van der Waals surface area contributed by atoms with E-state index in [0.29, 0.717) is 33.6 Å². The normalized spacial score (nSPS) is 10.8. The van der Waals surface area contributed by atoms with E-state index in [4.69, 9.17) is 14.0 Å². The molecule has 0 bridgehead atoms. The van der Waals surface area contributed by atoms with Gasteiger partial charge in [0.15, 0.2) is 6.61 Å². The number of carbonyl (C=O) groups excluding carboxylic acids is 1. The first-order chi connectivity index (χ1) is 14.2. The number of carbonyl (C=O) groups is 1. The predicted molar refractivity (Wildman–Crippen MR) is 102 cm³/mol. The van der Waals surface area contributed by atoms with Crippen molar-refractivity contribution in [3.05, 3.63) is 70.5 Å². The summed E-state index contributed by atoms with van der Waals surface area (Å²) in [5.41, 5.74) is 0.776. The molecule has 0 atom stereocenters. The summed E-state index contributed by atoms with van der Waals surface area (Å²) in [6.07, 6.45) is -0.106. The summed E-state index contributed by atoms with van der Waals surface area (Å²) in [5, 5.41) is 11.3. The maximum absolute atomic E-state index is 12.2. The lowest BCUT2D eigenvalue weighted by molar-refractivity contribution is -0.144. The van der Waals surface area contributed by atoms with Crippen LogP contribution in [0.3, 0.4) is 0 Å². The van der Waals surface area contributed by atoms with E-state index < -0.39 is 5.97 Å². The lowest BCUT2D eigenvalue weighted by Crippen LogP contribution is -2.15. The molecule has 0 spiro atoms. The van der Waals surface area contributed by atoms with Gasteiger partial charge in [-0.3, -0.25) is 9.59 Å². The van der Waals surface area contributed by atoms with Gasteiger partial charge < -0.3 is 14.0 Å². The molecule has 0 fully saturated rings. The van der Waals surface area contributed by atoms with Crippen LogP contribution in [-0.2, 0) is 22.6 Å². The quantitative estimate of drug-likeness (QED) is 0.496. The molecular formula is C20H16N4O5. The third-order valence-corrected chi connectivity index (χ3v) is 4.26. The van der Waals surface area contributed by atoms with E-state index in [1.54, 1.807) is 43.5 Å². The molecule has 0 aliphatic rings. The van der Waals surface area contributed by atoms with Crippen molar-refractivity contribution in [3.8, 4) is 17.1 Å². The zero-order valence-electron chi connectivity index (χ0n) is 15.4. The summed E-state index contributed by atoms with van der Waals surface area (Å²) < 4.78 is 15.6. The summed E-state index contributed by atoms with van der Waals surface area (Å²) in [4.78, 5) is 28.3. The average Bonchev–Trinajstić information content (AvgIpc) is 3.23. The summed E-state index contributed by atoms with van der Waals surface area (Å²) >= 11 is 0. The number of para-hydroxylation sites is 1. The number of rotatable bonds is 6. The molecule has 2 aromatic heterocycles. The number of esters is 1. The van der Waals surface area contributed by atoms with E-state index in [9.17, 15) is 9.59 Å². The molecular weight excluding hydrogens is 376 g/mol. The van der Waals surface area contributed by atoms with Gasteiger partial charge in [-0.15, -0.1) is 0 Å². The van der Waals surface area contributed by atoms with E-state index in [-0.39, 0.29) is 24.5 Å². The zero-order chi connectivity index (χ0) is 20.2. The van der Waals surface area contributed by atoms with Crippen LogP contribution in [0.25, 0.3) is 22.2 Å². The molecule has 2 heterocycles. The van der Waals surface area contributed by atoms with E-state index in [0.717, 1.165) is 0 Å². The van der Waals surface area contributed by atoms with Crippen LogP contribution in [0.5, 0.6) is 5.75 Å². The first-order valence-corrected chi connectivity index (χ1v) is 8.73. The molecule has 2 aromatic carbocycles. The fourth-order valence-electron chi connectivity index (χ4n) is 2.89. The number of hydrogen-bond donors (Lipinski definition) is 1. The molecule has 0 unspecified atom stereocenters. The fraction of sp³-hybridized carbons (Fsp3) is 0.150. The van der Waals surface area contributed by atoms with Crippen molar-refractivity contribution in [1.82, 2.24) is 20.3 Å². The van der Waals surface area contributed by atoms with Crippen LogP contribution >= 0.6 is 0 Å². The minimum absolute atomic E-state index is 0.106.